The Kier molecular flexibility index (Phi) is 6.22. The van der Waals surface area contributed by atoms with Crippen molar-refractivity contribution in [1.29, 1.82) is 0 Å². The Morgan fingerprint density at radius 1 is 1.14 bits per heavy atom. The predicted molar refractivity (Wildman–Crippen MR) is 137 cm³/mol. The van der Waals surface area contributed by atoms with Crippen LogP contribution in [0.2, 0.25) is 0 Å². The lowest BCUT2D eigenvalue weighted by Gasteiger charge is -2.12. The zero-order chi connectivity index (χ0) is 25.6. The summed E-state index contributed by atoms with van der Waals surface area (Å²) in [4.78, 5) is 26.2. The number of pyridine rings is 3. The van der Waals surface area contributed by atoms with Crippen molar-refractivity contribution in [3.05, 3.63) is 53.7 Å². The Morgan fingerprint density at radius 2 is 1.89 bits per heavy atom. The number of halogens is 2. The second kappa shape index (κ2) is 9.22. The van der Waals surface area contributed by atoms with Crippen molar-refractivity contribution < 1.29 is 13.6 Å². The van der Waals surface area contributed by atoms with E-state index in [1.165, 1.54) is 0 Å². The lowest BCUT2D eigenvalue weighted by atomic mass is 10.0. The standard InChI is InChI=1S/C26H25F2N5O.C2H6/c1-3-4-17-7-14(2)19(12-29-17)18-8-16-11-30-23(32-25(34)20-10-26(20,27)28)9-22(16)33-13-21(15-5-6-15)31-24(18)33;1-2/h7-9,11-13,15,20H,3-6,10H2,1-2H3,(H,30,32,34);1-2H3. The molecule has 0 saturated heterocycles. The van der Waals surface area contributed by atoms with E-state index in [1.54, 1.807) is 12.3 Å². The van der Waals surface area contributed by atoms with E-state index in [2.05, 4.69) is 35.2 Å². The number of carbonyl (C=O) groups is 1. The highest BCUT2D eigenvalue weighted by Gasteiger charge is 2.61. The number of aromatic nitrogens is 4. The Balaban J connectivity index is 0.00000130. The van der Waals surface area contributed by atoms with Gasteiger partial charge in [-0.25, -0.2) is 18.7 Å². The zero-order valence-corrected chi connectivity index (χ0v) is 21.1. The molecule has 1 amide bonds. The van der Waals surface area contributed by atoms with Crippen molar-refractivity contribution >= 4 is 28.3 Å². The second-order valence-corrected chi connectivity index (χ2v) is 9.57. The quantitative estimate of drug-likeness (QED) is 0.326. The van der Waals surface area contributed by atoms with Crippen LogP contribution in [0.4, 0.5) is 14.6 Å². The Hall–Kier alpha value is -3.42. The van der Waals surface area contributed by atoms with E-state index in [1.807, 2.05) is 36.7 Å². The summed E-state index contributed by atoms with van der Waals surface area (Å²) in [6, 6.07) is 5.92. The van der Waals surface area contributed by atoms with Crippen molar-refractivity contribution in [1.82, 2.24) is 19.4 Å². The predicted octanol–water partition coefficient (Wildman–Crippen LogP) is 6.70. The van der Waals surface area contributed by atoms with Crippen molar-refractivity contribution in [2.75, 3.05) is 5.32 Å². The fraction of sp³-hybridized carbons (Fsp3) is 0.429. The van der Waals surface area contributed by atoms with E-state index in [9.17, 15) is 13.6 Å². The molecule has 188 valence electrons. The van der Waals surface area contributed by atoms with E-state index < -0.39 is 24.2 Å². The molecule has 0 aliphatic heterocycles. The topological polar surface area (TPSA) is 72.2 Å². The van der Waals surface area contributed by atoms with Crippen LogP contribution in [0.3, 0.4) is 0 Å². The number of hydrogen-bond donors (Lipinski definition) is 1. The molecule has 36 heavy (non-hydrogen) atoms. The Bertz CT molecular complexity index is 1460. The van der Waals surface area contributed by atoms with Crippen LogP contribution in [0.15, 0.2) is 36.8 Å². The molecule has 1 atom stereocenters. The summed E-state index contributed by atoms with van der Waals surface area (Å²) in [6.07, 6.45) is 9.47. The average molecular weight is 492 g/mol. The normalized spacial score (nSPS) is 18.1. The highest BCUT2D eigenvalue weighted by atomic mass is 19.3. The highest BCUT2D eigenvalue weighted by molar-refractivity contribution is 5.97. The van der Waals surface area contributed by atoms with Crippen LogP contribution >= 0.6 is 0 Å². The highest BCUT2D eigenvalue weighted by Crippen LogP contribution is 2.49. The molecule has 6 nitrogen and oxygen atoms in total. The summed E-state index contributed by atoms with van der Waals surface area (Å²) < 4.78 is 28.6. The average Bonchev–Trinajstić information content (AvgIpc) is 3.77. The van der Waals surface area contributed by atoms with Gasteiger partial charge in [-0.2, -0.15) is 0 Å². The van der Waals surface area contributed by atoms with Crippen LogP contribution in [-0.2, 0) is 11.2 Å². The number of amides is 1. The molecule has 1 unspecified atom stereocenters. The van der Waals surface area contributed by atoms with Gasteiger partial charge in [0.2, 0.25) is 5.91 Å². The van der Waals surface area contributed by atoms with Crippen molar-refractivity contribution in [2.24, 2.45) is 5.92 Å². The maximum absolute atomic E-state index is 13.3. The molecule has 8 heteroatoms. The van der Waals surface area contributed by atoms with Gasteiger partial charge in [-0.15, -0.1) is 0 Å². The third-order valence-electron chi connectivity index (χ3n) is 6.79. The minimum Gasteiger partial charge on any atom is -0.310 e. The largest absolute Gasteiger partial charge is 0.310 e. The first-order valence-electron chi connectivity index (χ1n) is 12.8. The number of nitrogens with one attached hydrogen (secondary N) is 1. The number of anilines is 1. The molecule has 0 spiro atoms. The molecule has 4 aromatic rings. The van der Waals surface area contributed by atoms with Gasteiger partial charge in [-0.1, -0.05) is 27.2 Å². The fourth-order valence-corrected chi connectivity index (χ4v) is 4.61. The molecular formula is C28H31F2N5O. The molecule has 2 aliphatic rings. The zero-order valence-electron chi connectivity index (χ0n) is 21.1. The van der Waals surface area contributed by atoms with E-state index in [0.29, 0.717) is 5.92 Å². The number of nitrogens with zero attached hydrogens (tertiary/aromatic N) is 4. The van der Waals surface area contributed by atoms with E-state index in [4.69, 9.17) is 4.98 Å². The number of imidazole rings is 1. The minimum atomic E-state index is -2.91. The van der Waals surface area contributed by atoms with Gasteiger partial charge in [-0.3, -0.25) is 14.2 Å². The first-order valence-corrected chi connectivity index (χ1v) is 12.8. The fourth-order valence-electron chi connectivity index (χ4n) is 4.61. The van der Waals surface area contributed by atoms with Crippen LogP contribution in [-0.4, -0.2) is 31.2 Å². The van der Waals surface area contributed by atoms with Crippen LogP contribution in [0.5, 0.6) is 0 Å². The first kappa shape index (κ1) is 24.3. The number of hydrogen-bond acceptors (Lipinski definition) is 4. The lowest BCUT2D eigenvalue weighted by molar-refractivity contribution is -0.119. The van der Waals surface area contributed by atoms with Gasteiger partial charge < -0.3 is 5.32 Å². The van der Waals surface area contributed by atoms with Crippen LogP contribution in [0, 0.1) is 12.8 Å². The molecule has 0 radical (unpaired) electrons. The van der Waals surface area contributed by atoms with Gasteiger partial charge in [0.25, 0.3) is 5.92 Å². The number of fused-ring (bicyclic) bond motifs is 3. The summed E-state index contributed by atoms with van der Waals surface area (Å²) in [7, 11) is 0. The minimum absolute atomic E-state index is 0.262. The van der Waals surface area contributed by atoms with Crippen LogP contribution < -0.4 is 5.32 Å². The van der Waals surface area contributed by atoms with Gasteiger partial charge in [0.05, 0.1) is 11.2 Å². The van der Waals surface area contributed by atoms with Crippen molar-refractivity contribution in [2.45, 2.75) is 71.6 Å². The van der Waals surface area contributed by atoms with Crippen molar-refractivity contribution in [3.63, 3.8) is 0 Å². The molecular weight excluding hydrogens is 460 g/mol. The molecule has 6 rings (SSSR count). The molecule has 2 aliphatic carbocycles. The molecule has 4 aromatic heterocycles. The van der Waals surface area contributed by atoms with Gasteiger partial charge in [0.1, 0.15) is 17.4 Å². The maximum atomic E-state index is 13.3. The van der Waals surface area contributed by atoms with Crippen molar-refractivity contribution in [3.8, 4) is 11.1 Å². The number of rotatable bonds is 6. The maximum Gasteiger partial charge on any atom is 0.260 e. The molecule has 0 aromatic carbocycles. The van der Waals surface area contributed by atoms with E-state index >= 15 is 0 Å². The lowest BCUT2D eigenvalue weighted by Crippen LogP contribution is -2.18. The molecule has 2 saturated carbocycles. The molecule has 0 bridgehead atoms. The summed E-state index contributed by atoms with van der Waals surface area (Å²) in [6.45, 7) is 8.23. The summed E-state index contributed by atoms with van der Waals surface area (Å²) in [5, 5.41) is 3.43. The van der Waals surface area contributed by atoms with Crippen LogP contribution in [0.25, 0.3) is 27.7 Å². The Labute approximate surface area is 209 Å². The summed E-state index contributed by atoms with van der Waals surface area (Å²) >= 11 is 0. The summed E-state index contributed by atoms with van der Waals surface area (Å²) in [5.41, 5.74) is 6.89. The second-order valence-electron chi connectivity index (χ2n) is 9.57. The number of alkyl halides is 2. The molecule has 4 heterocycles. The van der Waals surface area contributed by atoms with Gasteiger partial charge in [-0.05, 0) is 43.9 Å². The molecule has 2 fully saturated rings. The number of carbonyl (C=O) groups excluding carboxylic acids is 1. The Morgan fingerprint density at radius 3 is 2.53 bits per heavy atom. The SMILES string of the molecule is CC.CCCc1cc(C)c(-c2cc3cnc(NC(=O)C4CC4(F)F)cc3n3cc(C4CC4)nc23)cn1. The third kappa shape index (κ3) is 4.45. The van der Waals surface area contributed by atoms with Gasteiger partial charge >= 0.3 is 0 Å². The smallest absolute Gasteiger partial charge is 0.260 e. The van der Waals surface area contributed by atoms with Gasteiger partial charge in [0.15, 0.2) is 0 Å². The van der Waals surface area contributed by atoms with Crippen LogP contribution in [0.1, 0.15) is 69.3 Å². The van der Waals surface area contributed by atoms with E-state index in [0.717, 1.165) is 70.3 Å². The third-order valence-corrected chi connectivity index (χ3v) is 6.79. The van der Waals surface area contributed by atoms with E-state index in [-0.39, 0.29) is 5.82 Å². The summed E-state index contributed by atoms with van der Waals surface area (Å²) in [5.74, 6) is -4.15. The monoisotopic (exact) mass is 491 g/mol. The molecule has 1 N–H and O–H groups in total. The van der Waals surface area contributed by atoms with Gasteiger partial charge in [0, 0.05) is 59.2 Å². The number of aryl methyl sites for hydroxylation is 2. The first-order chi connectivity index (χ1) is 17.3.